The third-order valence-corrected chi connectivity index (χ3v) is 3.46. The second-order valence-corrected chi connectivity index (χ2v) is 4.83. The highest BCUT2D eigenvalue weighted by atomic mass is 35.5. The van der Waals surface area contributed by atoms with Gasteiger partial charge in [0.1, 0.15) is 0 Å². The molecule has 0 heterocycles. The zero-order chi connectivity index (χ0) is 14.7. The van der Waals surface area contributed by atoms with Crippen LogP contribution in [-0.2, 0) is 0 Å². The molecule has 4 N–H and O–H groups in total. The van der Waals surface area contributed by atoms with Crippen LogP contribution in [0.5, 0.6) is 0 Å². The molecule has 0 fully saturated rings. The van der Waals surface area contributed by atoms with Crippen molar-refractivity contribution < 1.29 is 4.79 Å². The van der Waals surface area contributed by atoms with Gasteiger partial charge in [-0.15, -0.1) is 0 Å². The molecule has 1 amide bonds. The summed E-state index contributed by atoms with van der Waals surface area (Å²) >= 11 is 6.10. The van der Waals surface area contributed by atoms with Crippen LogP contribution < -0.4 is 16.4 Å². The largest absolute Gasteiger partial charge is 0.399 e. The summed E-state index contributed by atoms with van der Waals surface area (Å²) in [5.41, 5.74) is 9.31. The summed E-state index contributed by atoms with van der Waals surface area (Å²) in [5.74, 6) is -0.174. The Balaban J connectivity index is 2.44. The Morgan fingerprint density at radius 1 is 1.20 bits per heavy atom. The lowest BCUT2D eigenvalue weighted by molar-refractivity contribution is 0.0964. The number of carbonyl (C=O) groups excluding carboxylic acids is 1. The molecule has 0 bridgehead atoms. The minimum atomic E-state index is -0.174. The Morgan fingerprint density at radius 2 is 1.95 bits per heavy atom. The average molecular weight is 290 g/mol. The van der Waals surface area contributed by atoms with Crippen molar-refractivity contribution >= 4 is 34.6 Å². The SMILES string of the molecule is CNC(=O)c1ccc(N)cc1Nc1cccc(Cl)c1C. The van der Waals surface area contributed by atoms with Gasteiger partial charge in [0.15, 0.2) is 0 Å². The van der Waals surface area contributed by atoms with E-state index in [0.717, 1.165) is 11.3 Å². The van der Waals surface area contributed by atoms with E-state index in [2.05, 4.69) is 10.6 Å². The predicted octanol–water partition coefficient (Wildman–Crippen LogP) is 3.33. The number of halogens is 1. The molecule has 4 nitrogen and oxygen atoms in total. The molecule has 2 rings (SSSR count). The molecule has 2 aromatic carbocycles. The number of carbonyl (C=O) groups is 1. The first kappa shape index (κ1) is 14.2. The van der Waals surface area contributed by atoms with E-state index >= 15 is 0 Å². The number of hydrogen-bond donors (Lipinski definition) is 3. The van der Waals surface area contributed by atoms with Crippen molar-refractivity contribution in [2.24, 2.45) is 0 Å². The summed E-state index contributed by atoms with van der Waals surface area (Å²) in [6.07, 6.45) is 0. The van der Waals surface area contributed by atoms with E-state index < -0.39 is 0 Å². The van der Waals surface area contributed by atoms with Crippen LogP contribution in [0.15, 0.2) is 36.4 Å². The lowest BCUT2D eigenvalue weighted by atomic mass is 10.1. The number of amides is 1. The quantitative estimate of drug-likeness (QED) is 0.759. The molecule has 0 atom stereocenters. The lowest BCUT2D eigenvalue weighted by Gasteiger charge is -2.14. The van der Waals surface area contributed by atoms with Crippen LogP contribution in [0.1, 0.15) is 15.9 Å². The van der Waals surface area contributed by atoms with Gasteiger partial charge < -0.3 is 16.4 Å². The molecule has 0 unspecified atom stereocenters. The first-order chi connectivity index (χ1) is 9.52. The first-order valence-electron chi connectivity index (χ1n) is 6.16. The van der Waals surface area contributed by atoms with Crippen molar-refractivity contribution in [3.63, 3.8) is 0 Å². The fraction of sp³-hybridized carbons (Fsp3) is 0.133. The fourth-order valence-electron chi connectivity index (χ4n) is 1.89. The number of benzene rings is 2. The monoisotopic (exact) mass is 289 g/mol. The first-order valence-corrected chi connectivity index (χ1v) is 6.54. The summed E-state index contributed by atoms with van der Waals surface area (Å²) in [5, 5.41) is 6.49. The summed E-state index contributed by atoms with van der Waals surface area (Å²) in [4.78, 5) is 11.9. The Labute approximate surface area is 122 Å². The van der Waals surface area contributed by atoms with Crippen molar-refractivity contribution in [1.29, 1.82) is 0 Å². The van der Waals surface area contributed by atoms with Crippen LogP contribution in [-0.4, -0.2) is 13.0 Å². The molecule has 2 aromatic rings. The van der Waals surface area contributed by atoms with E-state index in [1.807, 2.05) is 25.1 Å². The molecular formula is C15H16ClN3O. The molecule has 5 heteroatoms. The van der Waals surface area contributed by atoms with Crippen molar-refractivity contribution in [2.75, 3.05) is 18.1 Å². The van der Waals surface area contributed by atoms with Crippen molar-refractivity contribution in [2.45, 2.75) is 6.92 Å². The molecule has 20 heavy (non-hydrogen) atoms. The maximum Gasteiger partial charge on any atom is 0.253 e. The normalized spacial score (nSPS) is 10.2. The molecule has 0 aromatic heterocycles. The van der Waals surface area contributed by atoms with E-state index in [4.69, 9.17) is 17.3 Å². The Bertz CT molecular complexity index is 656. The van der Waals surface area contributed by atoms with Crippen LogP contribution in [0, 0.1) is 6.92 Å². The summed E-state index contributed by atoms with van der Waals surface area (Å²) in [7, 11) is 1.59. The van der Waals surface area contributed by atoms with E-state index in [1.54, 1.807) is 25.2 Å². The van der Waals surface area contributed by atoms with Gasteiger partial charge in [0.25, 0.3) is 5.91 Å². The summed E-state index contributed by atoms with van der Waals surface area (Å²) in [6.45, 7) is 1.91. The van der Waals surface area contributed by atoms with Gasteiger partial charge in [-0.2, -0.15) is 0 Å². The van der Waals surface area contributed by atoms with Crippen LogP contribution in [0.3, 0.4) is 0 Å². The van der Waals surface area contributed by atoms with Gasteiger partial charge in [-0.3, -0.25) is 4.79 Å². The smallest absolute Gasteiger partial charge is 0.253 e. The number of hydrogen-bond acceptors (Lipinski definition) is 3. The molecular weight excluding hydrogens is 274 g/mol. The Hall–Kier alpha value is -2.20. The highest BCUT2D eigenvalue weighted by Crippen LogP contribution is 2.28. The lowest BCUT2D eigenvalue weighted by Crippen LogP contribution is -2.19. The van der Waals surface area contributed by atoms with Crippen molar-refractivity contribution in [3.8, 4) is 0 Å². The third-order valence-electron chi connectivity index (χ3n) is 3.05. The zero-order valence-electron chi connectivity index (χ0n) is 11.3. The van der Waals surface area contributed by atoms with Crippen LogP contribution in [0.25, 0.3) is 0 Å². The Morgan fingerprint density at radius 3 is 2.65 bits per heavy atom. The highest BCUT2D eigenvalue weighted by Gasteiger charge is 2.11. The van der Waals surface area contributed by atoms with Gasteiger partial charge in [0.2, 0.25) is 0 Å². The molecule has 0 aliphatic rings. The van der Waals surface area contributed by atoms with Gasteiger partial charge in [0.05, 0.1) is 11.3 Å². The van der Waals surface area contributed by atoms with Crippen molar-refractivity contribution in [3.05, 3.63) is 52.5 Å². The van der Waals surface area contributed by atoms with E-state index in [1.165, 1.54) is 0 Å². The minimum Gasteiger partial charge on any atom is -0.399 e. The third kappa shape index (κ3) is 2.86. The van der Waals surface area contributed by atoms with Gasteiger partial charge in [-0.05, 0) is 42.8 Å². The molecule has 0 saturated carbocycles. The standard InChI is InChI=1S/C15H16ClN3O/c1-9-12(16)4-3-5-13(9)19-14-8-10(17)6-7-11(14)15(20)18-2/h3-8,19H,17H2,1-2H3,(H,18,20). The fourth-order valence-corrected chi connectivity index (χ4v) is 2.06. The maximum atomic E-state index is 11.9. The van der Waals surface area contributed by atoms with Gasteiger partial charge >= 0.3 is 0 Å². The van der Waals surface area contributed by atoms with Crippen LogP contribution >= 0.6 is 11.6 Å². The second kappa shape index (κ2) is 5.84. The number of nitrogens with two attached hydrogens (primary N) is 1. The van der Waals surface area contributed by atoms with Crippen LogP contribution in [0.4, 0.5) is 17.1 Å². The molecule has 0 aliphatic carbocycles. The maximum absolute atomic E-state index is 11.9. The topological polar surface area (TPSA) is 67.2 Å². The number of nitrogen functional groups attached to an aromatic ring is 1. The van der Waals surface area contributed by atoms with Gasteiger partial charge in [-0.1, -0.05) is 17.7 Å². The Kier molecular flexibility index (Phi) is 4.15. The predicted molar refractivity (Wildman–Crippen MR) is 83.7 cm³/mol. The summed E-state index contributed by atoms with van der Waals surface area (Å²) in [6, 6.07) is 10.7. The number of rotatable bonds is 3. The molecule has 0 radical (unpaired) electrons. The van der Waals surface area contributed by atoms with E-state index in [0.29, 0.717) is 22.0 Å². The number of nitrogens with one attached hydrogen (secondary N) is 2. The minimum absolute atomic E-state index is 0.174. The van der Waals surface area contributed by atoms with E-state index in [9.17, 15) is 4.79 Å². The zero-order valence-corrected chi connectivity index (χ0v) is 12.1. The van der Waals surface area contributed by atoms with Gasteiger partial charge in [-0.25, -0.2) is 0 Å². The highest BCUT2D eigenvalue weighted by molar-refractivity contribution is 6.31. The molecule has 104 valence electrons. The summed E-state index contributed by atoms with van der Waals surface area (Å²) < 4.78 is 0. The van der Waals surface area contributed by atoms with E-state index in [-0.39, 0.29) is 5.91 Å². The van der Waals surface area contributed by atoms with Gasteiger partial charge in [0, 0.05) is 23.4 Å². The molecule has 0 aliphatic heterocycles. The second-order valence-electron chi connectivity index (χ2n) is 4.42. The molecule has 0 saturated heterocycles. The van der Waals surface area contributed by atoms with Crippen molar-refractivity contribution in [1.82, 2.24) is 5.32 Å². The average Bonchev–Trinajstić information content (AvgIpc) is 2.43. The number of anilines is 3. The van der Waals surface area contributed by atoms with Crippen LogP contribution in [0.2, 0.25) is 5.02 Å². The molecule has 0 spiro atoms.